The van der Waals surface area contributed by atoms with Crippen LogP contribution in [0, 0.1) is 27.2 Å². The molecule has 1 fully saturated rings. The SMILES string of the molecule is Cc1ncc2c(c1C(=O)[C@@]1(O[N+](=O)[O-])CCC[C@H]1O[N+](=O)[O-])CO[C@H]2c1ccc(Cl)cc1. The molecule has 1 aromatic heterocycles. The minimum absolute atomic E-state index is 0.0579. The lowest BCUT2D eigenvalue weighted by molar-refractivity contribution is -0.803. The van der Waals surface area contributed by atoms with Crippen molar-refractivity contribution in [2.75, 3.05) is 0 Å². The number of carbonyl (C=O) groups is 1. The van der Waals surface area contributed by atoms with Crippen LogP contribution in [-0.2, 0) is 21.0 Å². The number of ketones is 1. The first-order valence-electron chi connectivity index (χ1n) is 9.78. The fourth-order valence-corrected chi connectivity index (χ4v) is 4.59. The van der Waals surface area contributed by atoms with E-state index in [4.69, 9.17) is 21.2 Å². The first kappa shape index (κ1) is 21.9. The van der Waals surface area contributed by atoms with Crippen LogP contribution in [0.3, 0.4) is 0 Å². The monoisotopic (exact) mass is 463 g/mol. The molecule has 12 heteroatoms. The second-order valence-electron chi connectivity index (χ2n) is 7.64. The topological polar surface area (TPSA) is 144 Å². The number of rotatable bonds is 7. The van der Waals surface area contributed by atoms with Crippen molar-refractivity contribution in [3.63, 3.8) is 0 Å². The number of nitrogens with zero attached hydrogens (tertiary/aromatic N) is 3. The van der Waals surface area contributed by atoms with Gasteiger partial charge in [0.2, 0.25) is 5.60 Å². The van der Waals surface area contributed by atoms with Crippen molar-refractivity contribution in [3.05, 3.63) is 83.7 Å². The van der Waals surface area contributed by atoms with Crippen LogP contribution in [0.2, 0.25) is 5.02 Å². The van der Waals surface area contributed by atoms with E-state index in [1.165, 1.54) is 0 Å². The standard InChI is InChI=1S/C20H18ClN3O8/c1-11-17(19(25)20(32-24(28)29)8-2-3-16(20)31-23(26)27)15-10-30-18(14(15)9-22-11)12-4-6-13(21)7-5-12/h4-7,9,16,18H,2-3,8,10H2,1H3/t16-,18+,20-/m1/s1. The zero-order valence-electron chi connectivity index (χ0n) is 16.9. The Labute approximate surface area is 186 Å². The van der Waals surface area contributed by atoms with Gasteiger partial charge in [-0.2, -0.15) is 0 Å². The minimum atomic E-state index is -2.14. The molecule has 1 aliphatic carbocycles. The molecule has 0 radical (unpaired) electrons. The van der Waals surface area contributed by atoms with Gasteiger partial charge in [0.25, 0.3) is 10.2 Å². The highest BCUT2D eigenvalue weighted by Gasteiger charge is 2.56. The zero-order valence-corrected chi connectivity index (χ0v) is 17.6. The Morgan fingerprint density at radius 3 is 2.62 bits per heavy atom. The Kier molecular flexibility index (Phi) is 5.70. The molecule has 0 N–H and O–H groups in total. The normalized spacial score (nSPS) is 24.1. The molecule has 0 amide bonds. The molecule has 1 aliphatic heterocycles. The lowest BCUT2D eigenvalue weighted by Crippen LogP contribution is -2.51. The predicted molar refractivity (Wildman–Crippen MR) is 108 cm³/mol. The number of fused-ring (bicyclic) bond motifs is 1. The molecule has 168 valence electrons. The largest absolute Gasteiger partial charge is 0.364 e. The first-order chi connectivity index (χ1) is 15.2. The Hall–Kier alpha value is -3.31. The smallest absolute Gasteiger partial charge is 0.295 e. The number of benzene rings is 1. The maximum Gasteiger partial charge on any atom is 0.295 e. The van der Waals surface area contributed by atoms with Gasteiger partial charge in [0, 0.05) is 28.0 Å². The highest BCUT2D eigenvalue weighted by molar-refractivity contribution is 6.30. The van der Waals surface area contributed by atoms with Crippen LogP contribution in [-0.4, -0.2) is 32.6 Å². The predicted octanol–water partition coefficient (Wildman–Crippen LogP) is 3.55. The van der Waals surface area contributed by atoms with Gasteiger partial charge in [-0.15, -0.1) is 20.2 Å². The molecule has 2 heterocycles. The van der Waals surface area contributed by atoms with Gasteiger partial charge in [-0.1, -0.05) is 23.7 Å². The van der Waals surface area contributed by atoms with Gasteiger partial charge in [0.15, 0.2) is 5.78 Å². The van der Waals surface area contributed by atoms with Gasteiger partial charge in [-0.25, -0.2) is 0 Å². The number of ether oxygens (including phenoxy) is 1. The number of hydrogen-bond donors (Lipinski definition) is 0. The summed E-state index contributed by atoms with van der Waals surface area (Å²) >= 11 is 5.96. The first-order valence-corrected chi connectivity index (χ1v) is 10.2. The van der Waals surface area contributed by atoms with Crippen LogP contribution in [0.25, 0.3) is 0 Å². The van der Waals surface area contributed by atoms with Crippen LogP contribution in [0.4, 0.5) is 0 Å². The van der Waals surface area contributed by atoms with Gasteiger partial charge in [0.05, 0.1) is 6.61 Å². The van der Waals surface area contributed by atoms with E-state index in [1.54, 1.807) is 37.4 Å². The van der Waals surface area contributed by atoms with Crippen molar-refractivity contribution >= 4 is 17.4 Å². The van der Waals surface area contributed by atoms with Crippen molar-refractivity contribution in [1.82, 2.24) is 4.98 Å². The number of carbonyl (C=O) groups excluding carboxylic acids is 1. The summed E-state index contributed by atoms with van der Waals surface area (Å²) in [6.45, 7) is 1.64. The number of Topliss-reactive ketones (excluding diaryl/α,β-unsaturated/α-hetero) is 1. The second-order valence-corrected chi connectivity index (χ2v) is 8.07. The lowest BCUT2D eigenvalue weighted by Gasteiger charge is -2.31. The zero-order chi connectivity index (χ0) is 23.0. The van der Waals surface area contributed by atoms with E-state index in [2.05, 4.69) is 9.82 Å². The molecule has 1 saturated carbocycles. The van der Waals surface area contributed by atoms with Gasteiger partial charge in [-0.3, -0.25) is 14.6 Å². The number of pyridine rings is 1. The maximum absolute atomic E-state index is 13.7. The van der Waals surface area contributed by atoms with E-state index in [0.717, 1.165) is 5.56 Å². The summed E-state index contributed by atoms with van der Waals surface area (Å²) in [5.74, 6) is -0.777. The summed E-state index contributed by atoms with van der Waals surface area (Å²) in [5.41, 5.74) is 0.203. The molecule has 1 aromatic carbocycles. The van der Waals surface area contributed by atoms with Crippen LogP contribution in [0.15, 0.2) is 30.5 Å². The van der Waals surface area contributed by atoms with E-state index in [-0.39, 0.29) is 31.4 Å². The minimum Gasteiger partial charge on any atom is -0.364 e. The van der Waals surface area contributed by atoms with Gasteiger partial charge in [0.1, 0.15) is 12.2 Å². The van der Waals surface area contributed by atoms with Crippen LogP contribution in [0.1, 0.15) is 58.1 Å². The summed E-state index contributed by atoms with van der Waals surface area (Å²) in [4.78, 5) is 49.7. The van der Waals surface area contributed by atoms with Gasteiger partial charge in [-0.05, 0) is 49.4 Å². The molecule has 0 spiro atoms. The molecule has 2 aliphatic rings. The quantitative estimate of drug-likeness (QED) is 0.342. The summed E-state index contributed by atoms with van der Waals surface area (Å²) in [6.07, 6.45) is -0.0940. The maximum atomic E-state index is 13.7. The van der Waals surface area contributed by atoms with Crippen molar-refractivity contribution in [2.24, 2.45) is 0 Å². The number of halogens is 1. The molecular weight excluding hydrogens is 446 g/mol. The summed E-state index contributed by atoms with van der Waals surface area (Å²) in [5, 5.41) is 20.6. The third kappa shape index (κ3) is 3.73. The number of aromatic nitrogens is 1. The van der Waals surface area contributed by atoms with Crippen LogP contribution >= 0.6 is 11.6 Å². The number of aryl methyl sites for hydroxylation is 1. The molecule has 32 heavy (non-hydrogen) atoms. The highest BCUT2D eigenvalue weighted by Crippen LogP contribution is 2.43. The molecule has 0 bridgehead atoms. The summed E-state index contributed by atoms with van der Waals surface area (Å²) < 4.78 is 5.91. The third-order valence-corrected chi connectivity index (χ3v) is 6.11. The van der Waals surface area contributed by atoms with E-state index < -0.39 is 33.8 Å². The number of hydrogen-bond acceptors (Lipinski definition) is 9. The van der Waals surface area contributed by atoms with Crippen molar-refractivity contribution in [2.45, 2.75) is 50.6 Å². The fraction of sp³-hybridized carbons (Fsp3) is 0.400. The van der Waals surface area contributed by atoms with E-state index in [0.29, 0.717) is 21.8 Å². The molecule has 4 rings (SSSR count). The Balaban J connectivity index is 1.79. The molecule has 0 saturated heterocycles. The molecule has 2 aromatic rings. The molecule has 3 atom stereocenters. The molecule has 11 nitrogen and oxygen atoms in total. The fourth-order valence-electron chi connectivity index (χ4n) is 4.46. The summed E-state index contributed by atoms with van der Waals surface area (Å²) in [6, 6.07) is 7.01. The lowest BCUT2D eigenvalue weighted by atomic mass is 9.85. The van der Waals surface area contributed by atoms with Crippen LogP contribution in [0.5, 0.6) is 0 Å². The van der Waals surface area contributed by atoms with Gasteiger partial charge >= 0.3 is 0 Å². The van der Waals surface area contributed by atoms with Gasteiger partial charge < -0.3 is 9.57 Å². The van der Waals surface area contributed by atoms with E-state index >= 15 is 0 Å². The molecule has 0 unspecified atom stereocenters. The van der Waals surface area contributed by atoms with Crippen molar-refractivity contribution in [1.29, 1.82) is 0 Å². The highest BCUT2D eigenvalue weighted by atomic mass is 35.5. The Morgan fingerprint density at radius 2 is 1.97 bits per heavy atom. The molecular formula is C20H18ClN3O8. The summed E-state index contributed by atoms with van der Waals surface area (Å²) in [7, 11) is 0. The second kappa shape index (κ2) is 8.32. The average molecular weight is 464 g/mol. The van der Waals surface area contributed by atoms with Crippen LogP contribution < -0.4 is 0 Å². The van der Waals surface area contributed by atoms with Crippen molar-refractivity contribution in [3.8, 4) is 0 Å². The van der Waals surface area contributed by atoms with E-state index in [9.17, 15) is 25.0 Å². The van der Waals surface area contributed by atoms with E-state index in [1.807, 2.05) is 0 Å². The Bertz CT molecular complexity index is 1090. The Morgan fingerprint density at radius 1 is 1.25 bits per heavy atom. The van der Waals surface area contributed by atoms with Crippen molar-refractivity contribution < 1.29 is 29.4 Å². The average Bonchev–Trinajstić information content (AvgIpc) is 3.32. The third-order valence-electron chi connectivity index (χ3n) is 5.86.